The Morgan fingerprint density at radius 3 is 2.43 bits per heavy atom. The van der Waals surface area contributed by atoms with E-state index in [0.717, 1.165) is 25.1 Å². The third kappa shape index (κ3) is 6.63. The van der Waals surface area contributed by atoms with Gasteiger partial charge < -0.3 is 15.4 Å². The molecular formula is C17H28N2O2. The molecule has 0 aliphatic rings. The summed E-state index contributed by atoms with van der Waals surface area (Å²) in [5.74, 6) is 0.644. The second-order valence-corrected chi connectivity index (χ2v) is 5.36. The predicted molar refractivity (Wildman–Crippen MR) is 86.7 cm³/mol. The molecule has 0 radical (unpaired) electrons. The molecule has 4 heteroatoms. The van der Waals surface area contributed by atoms with Crippen molar-refractivity contribution in [3.63, 3.8) is 0 Å². The highest BCUT2D eigenvalue weighted by molar-refractivity contribution is 5.80. The van der Waals surface area contributed by atoms with Crippen LogP contribution in [0.5, 0.6) is 5.75 Å². The molecule has 2 unspecified atom stereocenters. The molecule has 0 bridgehead atoms. The molecule has 0 saturated carbocycles. The molecule has 118 valence electrons. The minimum absolute atomic E-state index is 0.0843. The van der Waals surface area contributed by atoms with Gasteiger partial charge in [-0.05, 0) is 57.9 Å². The maximum absolute atomic E-state index is 11.6. The van der Waals surface area contributed by atoms with Crippen LogP contribution in [0.4, 0.5) is 0 Å². The summed E-state index contributed by atoms with van der Waals surface area (Å²) < 4.78 is 5.63. The first kappa shape index (κ1) is 17.5. The third-order valence-corrected chi connectivity index (χ3v) is 3.24. The fourth-order valence-corrected chi connectivity index (χ4v) is 2.10. The Kier molecular flexibility index (Phi) is 7.83. The highest BCUT2D eigenvalue weighted by atomic mass is 16.5. The van der Waals surface area contributed by atoms with E-state index in [9.17, 15) is 4.79 Å². The Labute approximate surface area is 128 Å². The van der Waals surface area contributed by atoms with Crippen LogP contribution in [0.1, 0.15) is 39.7 Å². The van der Waals surface area contributed by atoms with E-state index in [1.807, 2.05) is 19.1 Å². The van der Waals surface area contributed by atoms with Crippen LogP contribution in [-0.4, -0.2) is 31.1 Å². The summed E-state index contributed by atoms with van der Waals surface area (Å²) >= 11 is 0. The summed E-state index contributed by atoms with van der Waals surface area (Å²) in [7, 11) is 0. The van der Waals surface area contributed by atoms with Crippen molar-refractivity contribution in [2.45, 2.75) is 52.7 Å². The molecule has 0 aliphatic carbocycles. The number of rotatable bonds is 9. The van der Waals surface area contributed by atoms with Crippen LogP contribution in [0.25, 0.3) is 0 Å². The van der Waals surface area contributed by atoms with Crippen molar-refractivity contribution in [3.05, 3.63) is 29.8 Å². The van der Waals surface area contributed by atoms with Crippen LogP contribution in [0.2, 0.25) is 0 Å². The molecule has 1 aromatic rings. The lowest BCUT2D eigenvalue weighted by molar-refractivity contribution is -0.127. The summed E-state index contributed by atoms with van der Waals surface area (Å²) in [5, 5.41) is 6.22. The second kappa shape index (κ2) is 9.40. The monoisotopic (exact) mass is 292 g/mol. The predicted octanol–water partition coefficient (Wildman–Crippen LogP) is 2.52. The van der Waals surface area contributed by atoms with Crippen molar-refractivity contribution in [1.29, 1.82) is 0 Å². The fourth-order valence-electron chi connectivity index (χ4n) is 2.10. The van der Waals surface area contributed by atoms with E-state index in [1.165, 1.54) is 5.56 Å². The Hall–Kier alpha value is -1.55. The van der Waals surface area contributed by atoms with Crippen molar-refractivity contribution in [3.8, 4) is 5.75 Å². The average Bonchev–Trinajstić information content (AvgIpc) is 2.47. The maximum Gasteiger partial charge on any atom is 0.260 e. The summed E-state index contributed by atoms with van der Waals surface area (Å²) in [4.78, 5) is 11.6. The molecule has 0 saturated heterocycles. The molecule has 0 heterocycles. The first-order valence-electron chi connectivity index (χ1n) is 7.83. The van der Waals surface area contributed by atoms with Crippen LogP contribution >= 0.6 is 0 Å². The molecule has 4 nitrogen and oxygen atoms in total. The molecule has 0 spiro atoms. The summed E-state index contributed by atoms with van der Waals surface area (Å²) in [6.45, 7) is 9.68. The second-order valence-electron chi connectivity index (χ2n) is 5.36. The van der Waals surface area contributed by atoms with Crippen molar-refractivity contribution in [2.75, 3.05) is 13.1 Å². The number of hydrogen-bond donors (Lipinski definition) is 2. The van der Waals surface area contributed by atoms with Gasteiger partial charge in [-0.2, -0.15) is 0 Å². The number of carbonyl (C=O) groups excluding carboxylic acids is 1. The van der Waals surface area contributed by atoms with Gasteiger partial charge in [0.15, 0.2) is 6.10 Å². The first-order valence-corrected chi connectivity index (χ1v) is 7.83. The van der Waals surface area contributed by atoms with Crippen molar-refractivity contribution in [2.24, 2.45) is 0 Å². The number of nitrogens with one attached hydrogen (secondary N) is 2. The van der Waals surface area contributed by atoms with Gasteiger partial charge >= 0.3 is 0 Å². The van der Waals surface area contributed by atoms with Crippen LogP contribution in [-0.2, 0) is 11.2 Å². The third-order valence-electron chi connectivity index (χ3n) is 3.24. The minimum atomic E-state index is -0.471. The van der Waals surface area contributed by atoms with Gasteiger partial charge in [-0.25, -0.2) is 0 Å². The van der Waals surface area contributed by atoms with Crippen LogP contribution in [0.15, 0.2) is 24.3 Å². The SMILES string of the molecule is CCCNC(C)Cc1ccc(OC(C)C(=O)NCC)cc1. The Morgan fingerprint density at radius 2 is 1.86 bits per heavy atom. The number of carbonyl (C=O) groups is 1. The normalized spacial score (nSPS) is 13.5. The number of amides is 1. The standard InChI is InChI=1S/C17H28N2O2/c1-5-11-19-13(3)12-15-7-9-16(10-8-15)21-14(4)17(20)18-6-2/h7-10,13-14,19H,5-6,11-12H2,1-4H3,(H,18,20). The Bertz CT molecular complexity index is 417. The van der Waals surface area contributed by atoms with Gasteiger partial charge in [-0.15, -0.1) is 0 Å². The van der Waals surface area contributed by atoms with E-state index in [0.29, 0.717) is 12.6 Å². The lowest BCUT2D eigenvalue weighted by Gasteiger charge is -2.15. The molecule has 1 aromatic carbocycles. The summed E-state index contributed by atoms with van der Waals surface area (Å²) in [6, 6.07) is 8.44. The molecule has 0 fully saturated rings. The Balaban J connectivity index is 2.48. The number of likely N-dealkylation sites (N-methyl/N-ethyl adjacent to an activating group) is 1. The van der Waals surface area contributed by atoms with Gasteiger partial charge in [-0.1, -0.05) is 19.1 Å². The first-order chi connectivity index (χ1) is 10.1. The van der Waals surface area contributed by atoms with Crippen LogP contribution in [0, 0.1) is 0 Å². The van der Waals surface area contributed by atoms with E-state index in [2.05, 4.69) is 36.6 Å². The molecule has 0 aliphatic heterocycles. The van der Waals surface area contributed by atoms with Crippen LogP contribution in [0.3, 0.4) is 0 Å². The molecule has 1 amide bonds. The Morgan fingerprint density at radius 1 is 1.19 bits per heavy atom. The molecule has 1 rings (SSSR count). The average molecular weight is 292 g/mol. The fraction of sp³-hybridized carbons (Fsp3) is 0.588. The zero-order chi connectivity index (χ0) is 15.7. The van der Waals surface area contributed by atoms with E-state index < -0.39 is 6.10 Å². The van der Waals surface area contributed by atoms with Gasteiger partial charge in [0.05, 0.1) is 0 Å². The van der Waals surface area contributed by atoms with Gasteiger partial charge in [0, 0.05) is 12.6 Å². The van der Waals surface area contributed by atoms with Crippen molar-refractivity contribution < 1.29 is 9.53 Å². The number of benzene rings is 1. The number of ether oxygens (including phenoxy) is 1. The highest BCUT2D eigenvalue weighted by Crippen LogP contribution is 2.15. The lowest BCUT2D eigenvalue weighted by Crippen LogP contribution is -2.36. The number of hydrogen-bond acceptors (Lipinski definition) is 3. The summed E-state index contributed by atoms with van der Waals surface area (Å²) in [6.07, 6.45) is 1.67. The van der Waals surface area contributed by atoms with Gasteiger partial charge in [0.25, 0.3) is 5.91 Å². The van der Waals surface area contributed by atoms with Gasteiger partial charge in [-0.3, -0.25) is 4.79 Å². The van der Waals surface area contributed by atoms with Gasteiger partial charge in [0.2, 0.25) is 0 Å². The topological polar surface area (TPSA) is 50.4 Å². The molecule has 2 atom stereocenters. The van der Waals surface area contributed by atoms with E-state index >= 15 is 0 Å². The van der Waals surface area contributed by atoms with Crippen molar-refractivity contribution in [1.82, 2.24) is 10.6 Å². The largest absolute Gasteiger partial charge is 0.481 e. The van der Waals surface area contributed by atoms with E-state index in [1.54, 1.807) is 6.92 Å². The molecule has 2 N–H and O–H groups in total. The highest BCUT2D eigenvalue weighted by Gasteiger charge is 2.13. The minimum Gasteiger partial charge on any atom is -0.481 e. The molecule has 21 heavy (non-hydrogen) atoms. The van der Waals surface area contributed by atoms with Crippen molar-refractivity contribution >= 4 is 5.91 Å². The smallest absolute Gasteiger partial charge is 0.260 e. The van der Waals surface area contributed by atoms with E-state index in [-0.39, 0.29) is 5.91 Å². The van der Waals surface area contributed by atoms with Crippen LogP contribution < -0.4 is 15.4 Å². The zero-order valence-corrected chi connectivity index (χ0v) is 13.6. The van der Waals surface area contributed by atoms with Gasteiger partial charge in [0.1, 0.15) is 5.75 Å². The quantitative estimate of drug-likeness (QED) is 0.735. The van der Waals surface area contributed by atoms with E-state index in [4.69, 9.17) is 4.74 Å². The summed E-state index contributed by atoms with van der Waals surface area (Å²) in [5.41, 5.74) is 1.27. The maximum atomic E-state index is 11.6. The zero-order valence-electron chi connectivity index (χ0n) is 13.6. The molecule has 0 aromatic heterocycles. The molecular weight excluding hydrogens is 264 g/mol. The lowest BCUT2D eigenvalue weighted by atomic mass is 10.1.